The average molecular weight is 264 g/mol. The zero-order chi connectivity index (χ0) is 14.5. The summed E-state index contributed by atoms with van der Waals surface area (Å²) in [7, 11) is 0. The summed E-state index contributed by atoms with van der Waals surface area (Å²) in [5.41, 5.74) is 1.16. The normalized spacial score (nSPS) is 12.1. The summed E-state index contributed by atoms with van der Waals surface area (Å²) in [6, 6.07) is 0. The molecule has 0 rings (SSSR count). The molecule has 0 fully saturated rings. The highest BCUT2D eigenvalue weighted by atomic mass is 16.1. The number of allylic oxidation sites excluding steroid dienone is 4. The molecule has 0 amide bonds. The van der Waals surface area contributed by atoms with Gasteiger partial charge in [0.05, 0.1) is 0 Å². The molecule has 0 aromatic rings. The fraction of sp³-hybridized carbons (Fsp3) is 0.467. The first-order valence-corrected chi connectivity index (χ1v) is 6.35. The van der Waals surface area contributed by atoms with Gasteiger partial charge in [-0.15, -0.1) is 0 Å². The fourth-order valence-corrected chi connectivity index (χ4v) is 1.47. The predicted molar refractivity (Wildman–Crippen MR) is 72.7 cm³/mol. The van der Waals surface area contributed by atoms with Gasteiger partial charge in [0.15, 0.2) is 0 Å². The van der Waals surface area contributed by atoms with Gasteiger partial charge in [0, 0.05) is 12.8 Å². The number of hydrogen-bond donors (Lipinski definition) is 0. The number of aldehydes is 3. The Kier molecular flexibility index (Phi) is 10.2. The van der Waals surface area contributed by atoms with Crippen molar-refractivity contribution >= 4 is 24.6 Å². The van der Waals surface area contributed by atoms with E-state index in [1.165, 1.54) is 6.92 Å². The molecule has 0 saturated heterocycles. The van der Waals surface area contributed by atoms with Crippen molar-refractivity contribution in [2.45, 2.75) is 45.4 Å². The van der Waals surface area contributed by atoms with E-state index in [9.17, 15) is 19.2 Å². The van der Waals surface area contributed by atoms with Crippen molar-refractivity contribution in [2.24, 2.45) is 0 Å². The minimum Gasteiger partial charge on any atom is -0.303 e. The summed E-state index contributed by atoms with van der Waals surface area (Å²) in [5.74, 6) is -0.000587. The van der Waals surface area contributed by atoms with E-state index in [2.05, 4.69) is 0 Å². The second-order valence-electron chi connectivity index (χ2n) is 4.30. The molecular formula is C15H20O4. The standard InChI is InChI=1S/C15H20O4/c1-13(19)6-7-15(12-18)9-8-14(11-17)5-3-2-4-10-16/h5,7,10-12H,2-4,6,8-9H2,1H3. The van der Waals surface area contributed by atoms with Crippen LogP contribution < -0.4 is 0 Å². The number of rotatable bonds is 11. The highest BCUT2D eigenvalue weighted by molar-refractivity contribution is 5.80. The zero-order valence-electron chi connectivity index (χ0n) is 11.3. The van der Waals surface area contributed by atoms with Crippen LogP contribution in [0.15, 0.2) is 23.3 Å². The molecule has 0 aliphatic rings. The van der Waals surface area contributed by atoms with Gasteiger partial charge in [-0.3, -0.25) is 14.4 Å². The maximum atomic E-state index is 10.8. The quantitative estimate of drug-likeness (QED) is 0.326. The van der Waals surface area contributed by atoms with Gasteiger partial charge in [-0.1, -0.05) is 12.2 Å². The van der Waals surface area contributed by atoms with Crippen LogP contribution in [0.1, 0.15) is 45.4 Å². The van der Waals surface area contributed by atoms with Crippen LogP contribution in [0.3, 0.4) is 0 Å². The molecule has 0 atom stereocenters. The summed E-state index contributed by atoms with van der Waals surface area (Å²) < 4.78 is 0. The van der Waals surface area contributed by atoms with Gasteiger partial charge in [0.2, 0.25) is 0 Å². The first-order valence-electron chi connectivity index (χ1n) is 6.35. The molecule has 0 spiro atoms. The van der Waals surface area contributed by atoms with Gasteiger partial charge in [0.25, 0.3) is 0 Å². The molecule has 0 bridgehead atoms. The van der Waals surface area contributed by atoms with E-state index in [-0.39, 0.29) is 12.2 Å². The van der Waals surface area contributed by atoms with Crippen LogP contribution in [0.2, 0.25) is 0 Å². The molecule has 4 nitrogen and oxygen atoms in total. The Bertz CT molecular complexity index is 378. The molecule has 19 heavy (non-hydrogen) atoms. The maximum absolute atomic E-state index is 10.8. The van der Waals surface area contributed by atoms with Gasteiger partial charge < -0.3 is 4.79 Å². The molecule has 0 heterocycles. The molecule has 0 N–H and O–H groups in total. The SMILES string of the molecule is CC(=O)CC=C(C=O)CCC(C=O)=CCCCC=O. The first kappa shape index (κ1) is 17.2. The van der Waals surface area contributed by atoms with Crippen LogP contribution >= 0.6 is 0 Å². The Morgan fingerprint density at radius 2 is 1.47 bits per heavy atom. The van der Waals surface area contributed by atoms with E-state index in [1.807, 2.05) is 0 Å². The lowest BCUT2D eigenvalue weighted by molar-refractivity contribution is -0.116. The highest BCUT2D eigenvalue weighted by Crippen LogP contribution is 2.11. The number of Topliss-reactive ketones (excluding diaryl/α,β-unsaturated/α-hetero) is 1. The van der Waals surface area contributed by atoms with E-state index < -0.39 is 0 Å². The molecular weight excluding hydrogens is 244 g/mol. The smallest absolute Gasteiger partial charge is 0.145 e. The van der Waals surface area contributed by atoms with E-state index >= 15 is 0 Å². The molecule has 0 radical (unpaired) electrons. The number of carbonyl (C=O) groups excluding carboxylic acids is 4. The second kappa shape index (κ2) is 11.3. The Labute approximate surface area is 113 Å². The van der Waals surface area contributed by atoms with Crippen molar-refractivity contribution < 1.29 is 19.2 Å². The molecule has 0 saturated carbocycles. The van der Waals surface area contributed by atoms with Gasteiger partial charge in [-0.05, 0) is 43.8 Å². The van der Waals surface area contributed by atoms with Crippen molar-refractivity contribution in [2.75, 3.05) is 0 Å². The van der Waals surface area contributed by atoms with Crippen molar-refractivity contribution in [3.8, 4) is 0 Å². The Balaban J connectivity index is 4.26. The van der Waals surface area contributed by atoms with Crippen LogP contribution in [-0.4, -0.2) is 24.6 Å². The minimum absolute atomic E-state index is 0.000587. The number of carbonyl (C=O) groups is 4. The monoisotopic (exact) mass is 264 g/mol. The molecule has 0 aliphatic heterocycles. The van der Waals surface area contributed by atoms with Crippen molar-refractivity contribution in [1.82, 2.24) is 0 Å². The Hall–Kier alpha value is -1.84. The third-order valence-corrected chi connectivity index (χ3v) is 2.59. The lowest BCUT2D eigenvalue weighted by Crippen LogP contribution is -1.93. The van der Waals surface area contributed by atoms with Crippen LogP contribution in [0.4, 0.5) is 0 Å². The molecule has 4 heteroatoms. The van der Waals surface area contributed by atoms with E-state index in [4.69, 9.17) is 0 Å². The zero-order valence-corrected chi connectivity index (χ0v) is 11.3. The molecule has 104 valence electrons. The van der Waals surface area contributed by atoms with Crippen molar-refractivity contribution in [3.05, 3.63) is 23.3 Å². The molecule has 0 unspecified atom stereocenters. The Morgan fingerprint density at radius 1 is 0.895 bits per heavy atom. The van der Waals surface area contributed by atoms with Gasteiger partial charge >= 0.3 is 0 Å². The third kappa shape index (κ3) is 9.83. The van der Waals surface area contributed by atoms with Crippen LogP contribution in [0.25, 0.3) is 0 Å². The fourth-order valence-electron chi connectivity index (χ4n) is 1.47. The Morgan fingerprint density at radius 3 is 1.95 bits per heavy atom. The highest BCUT2D eigenvalue weighted by Gasteiger charge is 2.01. The average Bonchev–Trinajstić information content (AvgIpc) is 2.40. The topological polar surface area (TPSA) is 68.3 Å². The van der Waals surface area contributed by atoms with Gasteiger partial charge in [-0.2, -0.15) is 0 Å². The van der Waals surface area contributed by atoms with Crippen LogP contribution in [0.5, 0.6) is 0 Å². The van der Waals surface area contributed by atoms with E-state index in [1.54, 1.807) is 12.2 Å². The van der Waals surface area contributed by atoms with Crippen LogP contribution in [0, 0.1) is 0 Å². The molecule has 0 aromatic carbocycles. The summed E-state index contributed by atoms with van der Waals surface area (Å²) in [4.78, 5) is 42.6. The maximum Gasteiger partial charge on any atom is 0.145 e. The lowest BCUT2D eigenvalue weighted by Gasteiger charge is -2.01. The summed E-state index contributed by atoms with van der Waals surface area (Å²) in [5, 5.41) is 0. The summed E-state index contributed by atoms with van der Waals surface area (Å²) >= 11 is 0. The summed E-state index contributed by atoms with van der Waals surface area (Å²) in [6.07, 6.45) is 8.81. The third-order valence-electron chi connectivity index (χ3n) is 2.59. The number of unbranched alkanes of at least 4 members (excludes halogenated alkanes) is 2. The van der Waals surface area contributed by atoms with Gasteiger partial charge in [-0.25, -0.2) is 0 Å². The number of hydrogen-bond acceptors (Lipinski definition) is 4. The summed E-state index contributed by atoms with van der Waals surface area (Å²) in [6.45, 7) is 1.46. The van der Waals surface area contributed by atoms with E-state index in [0.29, 0.717) is 36.8 Å². The second-order valence-corrected chi connectivity index (χ2v) is 4.30. The largest absolute Gasteiger partial charge is 0.303 e. The number of ketones is 1. The van der Waals surface area contributed by atoms with Crippen molar-refractivity contribution in [3.63, 3.8) is 0 Å². The predicted octanol–water partition coefficient (Wildman–Crippen LogP) is 2.37. The molecule has 0 aliphatic carbocycles. The molecule has 0 aromatic heterocycles. The van der Waals surface area contributed by atoms with E-state index in [0.717, 1.165) is 25.3 Å². The van der Waals surface area contributed by atoms with Gasteiger partial charge in [0.1, 0.15) is 24.6 Å². The lowest BCUT2D eigenvalue weighted by atomic mass is 10.0. The van der Waals surface area contributed by atoms with Crippen LogP contribution in [-0.2, 0) is 19.2 Å². The first-order chi connectivity index (χ1) is 9.13. The minimum atomic E-state index is -0.000587. The van der Waals surface area contributed by atoms with Crippen molar-refractivity contribution in [1.29, 1.82) is 0 Å².